The Morgan fingerprint density at radius 2 is 2.15 bits per heavy atom. The molecule has 1 aromatic rings. The van der Waals surface area contributed by atoms with Gasteiger partial charge in [-0.15, -0.1) is 11.8 Å². The van der Waals surface area contributed by atoms with E-state index in [0.29, 0.717) is 17.2 Å². The standard InChI is InChI=1S/C16H21FO2S/c1-2-5-11-8-9-12(16(18)19)15(10-11)20-14-7-4-3-6-13(14)17/h3-4,6-7,11-12,15H,2,5,8-10H2,1H3,(H,18,19). The number of halogens is 1. The van der Waals surface area contributed by atoms with Crippen LogP contribution in [0.25, 0.3) is 0 Å². The van der Waals surface area contributed by atoms with Crippen molar-refractivity contribution < 1.29 is 14.3 Å². The zero-order valence-corrected chi connectivity index (χ0v) is 12.5. The van der Waals surface area contributed by atoms with Crippen LogP contribution in [-0.4, -0.2) is 16.3 Å². The summed E-state index contributed by atoms with van der Waals surface area (Å²) >= 11 is 1.40. The van der Waals surface area contributed by atoms with Gasteiger partial charge >= 0.3 is 5.97 Å². The van der Waals surface area contributed by atoms with E-state index in [1.165, 1.54) is 17.8 Å². The lowest BCUT2D eigenvalue weighted by Gasteiger charge is -2.33. The van der Waals surface area contributed by atoms with Crippen molar-refractivity contribution in [3.63, 3.8) is 0 Å². The van der Waals surface area contributed by atoms with E-state index in [4.69, 9.17) is 0 Å². The maximum atomic E-state index is 13.7. The van der Waals surface area contributed by atoms with Crippen LogP contribution >= 0.6 is 11.8 Å². The Hall–Kier alpha value is -1.03. The summed E-state index contributed by atoms with van der Waals surface area (Å²) in [4.78, 5) is 12.0. The molecule has 0 aliphatic heterocycles. The lowest BCUT2D eigenvalue weighted by Crippen LogP contribution is -2.32. The molecule has 1 N–H and O–H groups in total. The molecule has 0 radical (unpaired) electrons. The van der Waals surface area contributed by atoms with Crippen LogP contribution < -0.4 is 0 Å². The molecule has 3 unspecified atom stereocenters. The highest BCUT2D eigenvalue weighted by Crippen LogP contribution is 2.42. The number of benzene rings is 1. The number of aliphatic carboxylic acids is 1. The van der Waals surface area contributed by atoms with Gasteiger partial charge < -0.3 is 5.11 Å². The molecule has 20 heavy (non-hydrogen) atoms. The van der Waals surface area contributed by atoms with Gasteiger partial charge in [0.15, 0.2) is 0 Å². The van der Waals surface area contributed by atoms with Gasteiger partial charge in [-0.2, -0.15) is 0 Å². The van der Waals surface area contributed by atoms with Crippen molar-refractivity contribution in [2.24, 2.45) is 11.8 Å². The molecule has 3 atom stereocenters. The van der Waals surface area contributed by atoms with Gasteiger partial charge in [-0.3, -0.25) is 4.79 Å². The van der Waals surface area contributed by atoms with E-state index in [-0.39, 0.29) is 17.0 Å². The van der Waals surface area contributed by atoms with Gasteiger partial charge in [0.25, 0.3) is 0 Å². The summed E-state index contributed by atoms with van der Waals surface area (Å²) in [6, 6.07) is 6.63. The number of carboxylic acid groups (broad SMARTS) is 1. The summed E-state index contributed by atoms with van der Waals surface area (Å²) in [5, 5.41) is 9.35. The van der Waals surface area contributed by atoms with Gasteiger partial charge in [0.2, 0.25) is 0 Å². The number of hydrogen-bond acceptors (Lipinski definition) is 2. The minimum atomic E-state index is -0.742. The predicted molar refractivity (Wildman–Crippen MR) is 79.4 cm³/mol. The molecule has 0 heterocycles. The lowest BCUT2D eigenvalue weighted by atomic mass is 9.80. The highest BCUT2D eigenvalue weighted by Gasteiger charge is 2.35. The van der Waals surface area contributed by atoms with Gasteiger partial charge in [0.05, 0.1) is 5.92 Å². The molecule has 2 rings (SSSR count). The van der Waals surface area contributed by atoms with Gasteiger partial charge in [0.1, 0.15) is 5.82 Å². The van der Waals surface area contributed by atoms with Crippen LogP contribution in [0.2, 0.25) is 0 Å². The average molecular weight is 296 g/mol. The van der Waals surface area contributed by atoms with E-state index in [0.717, 1.165) is 25.7 Å². The summed E-state index contributed by atoms with van der Waals surface area (Å²) in [6.07, 6.45) is 4.84. The van der Waals surface area contributed by atoms with E-state index < -0.39 is 5.97 Å². The highest BCUT2D eigenvalue weighted by atomic mass is 32.2. The van der Waals surface area contributed by atoms with Crippen LogP contribution in [0.15, 0.2) is 29.2 Å². The second-order valence-corrected chi connectivity index (χ2v) is 6.78. The molecule has 0 spiro atoms. The van der Waals surface area contributed by atoms with Crippen molar-refractivity contribution in [2.75, 3.05) is 0 Å². The second kappa shape index (κ2) is 7.11. The SMILES string of the molecule is CCCC1CCC(C(=O)O)C(Sc2ccccc2F)C1. The first-order valence-electron chi connectivity index (χ1n) is 7.25. The number of carbonyl (C=O) groups is 1. The monoisotopic (exact) mass is 296 g/mol. The van der Waals surface area contributed by atoms with Crippen LogP contribution in [0.3, 0.4) is 0 Å². The van der Waals surface area contributed by atoms with Crippen molar-refractivity contribution in [3.8, 4) is 0 Å². The topological polar surface area (TPSA) is 37.3 Å². The van der Waals surface area contributed by atoms with Gasteiger partial charge in [-0.1, -0.05) is 31.9 Å². The minimum absolute atomic E-state index is 0.0188. The summed E-state index contributed by atoms with van der Waals surface area (Å²) in [6.45, 7) is 2.16. The van der Waals surface area contributed by atoms with Crippen LogP contribution in [0.5, 0.6) is 0 Å². The number of hydrogen-bond donors (Lipinski definition) is 1. The van der Waals surface area contributed by atoms with Gasteiger partial charge in [0, 0.05) is 10.1 Å². The minimum Gasteiger partial charge on any atom is -0.481 e. The fourth-order valence-corrected chi connectivity index (χ4v) is 4.45. The molecule has 0 aromatic heterocycles. The maximum absolute atomic E-state index is 13.7. The molecule has 4 heteroatoms. The molecule has 1 saturated carbocycles. The van der Waals surface area contributed by atoms with Crippen molar-refractivity contribution in [3.05, 3.63) is 30.1 Å². The summed E-state index contributed by atoms with van der Waals surface area (Å²) in [5.74, 6) is -0.763. The second-order valence-electron chi connectivity index (χ2n) is 5.50. The quantitative estimate of drug-likeness (QED) is 0.863. The molecule has 0 bridgehead atoms. The molecule has 1 aromatic carbocycles. The highest BCUT2D eigenvalue weighted by molar-refractivity contribution is 8.00. The molecule has 1 aliphatic rings. The summed E-state index contributed by atoms with van der Waals surface area (Å²) in [5.41, 5.74) is 0. The zero-order valence-electron chi connectivity index (χ0n) is 11.7. The Labute approximate surface area is 123 Å². The number of rotatable bonds is 5. The molecule has 1 fully saturated rings. The van der Waals surface area contributed by atoms with Crippen LogP contribution in [0.4, 0.5) is 4.39 Å². The summed E-state index contributed by atoms with van der Waals surface area (Å²) in [7, 11) is 0. The van der Waals surface area contributed by atoms with E-state index in [1.54, 1.807) is 18.2 Å². The lowest BCUT2D eigenvalue weighted by molar-refractivity contribution is -0.142. The summed E-state index contributed by atoms with van der Waals surface area (Å²) < 4.78 is 13.7. The van der Waals surface area contributed by atoms with E-state index in [9.17, 15) is 14.3 Å². The Morgan fingerprint density at radius 3 is 2.80 bits per heavy atom. The smallest absolute Gasteiger partial charge is 0.307 e. The van der Waals surface area contributed by atoms with E-state index >= 15 is 0 Å². The molecule has 0 saturated heterocycles. The maximum Gasteiger partial charge on any atom is 0.307 e. The Morgan fingerprint density at radius 1 is 1.40 bits per heavy atom. The largest absolute Gasteiger partial charge is 0.481 e. The average Bonchev–Trinajstić information content (AvgIpc) is 2.42. The Balaban J connectivity index is 2.11. The van der Waals surface area contributed by atoms with Gasteiger partial charge in [-0.05, 0) is 37.3 Å². The molecule has 1 aliphatic carbocycles. The molecular formula is C16H21FO2S. The van der Waals surface area contributed by atoms with Crippen LogP contribution in [-0.2, 0) is 4.79 Å². The zero-order chi connectivity index (χ0) is 14.5. The van der Waals surface area contributed by atoms with E-state index in [1.807, 2.05) is 0 Å². The Bertz CT molecular complexity index is 464. The first kappa shape index (κ1) is 15.4. The predicted octanol–water partition coefficient (Wildman–Crippen LogP) is 4.59. The van der Waals surface area contributed by atoms with Crippen LogP contribution in [0, 0.1) is 17.7 Å². The van der Waals surface area contributed by atoms with E-state index in [2.05, 4.69) is 6.92 Å². The molecular weight excluding hydrogens is 275 g/mol. The van der Waals surface area contributed by atoms with Crippen molar-refractivity contribution in [1.82, 2.24) is 0 Å². The number of carboxylic acids is 1. The third-order valence-corrected chi connectivity index (χ3v) is 5.44. The Kier molecular flexibility index (Phi) is 5.46. The van der Waals surface area contributed by atoms with Crippen molar-refractivity contribution in [2.45, 2.75) is 49.2 Å². The third-order valence-electron chi connectivity index (χ3n) is 4.03. The third kappa shape index (κ3) is 3.75. The fourth-order valence-electron chi connectivity index (χ4n) is 3.00. The normalized spacial score (nSPS) is 26.4. The number of thioether (sulfide) groups is 1. The molecule has 0 amide bonds. The first-order valence-corrected chi connectivity index (χ1v) is 8.13. The van der Waals surface area contributed by atoms with Crippen LogP contribution in [0.1, 0.15) is 39.0 Å². The van der Waals surface area contributed by atoms with Crippen molar-refractivity contribution >= 4 is 17.7 Å². The van der Waals surface area contributed by atoms with Crippen molar-refractivity contribution in [1.29, 1.82) is 0 Å². The van der Waals surface area contributed by atoms with Gasteiger partial charge in [-0.25, -0.2) is 4.39 Å². The molecule has 110 valence electrons. The fraction of sp³-hybridized carbons (Fsp3) is 0.562. The first-order chi connectivity index (χ1) is 9.61. The molecule has 2 nitrogen and oxygen atoms in total.